The van der Waals surface area contributed by atoms with Gasteiger partial charge in [0.05, 0.1) is 0 Å². The van der Waals surface area contributed by atoms with Gasteiger partial charge in [-0.25, -0.2) is 0 Å². The number of piperazine rings is 1. The van der Waals surface area contributed by atoms with E-state index >= 15 is 0 Å². The zero-order chi connectivity index (χ0) is 5.82. The highest BCUT2D eigenvalue weighted by atomic mass is 35.5. The van der Waals surface area contributed by atoms with Gasteiger partial charge in [0.15, 0.2) is 0 Å². The first-order valence-electron chi connectivity index (χ1n) is 2.82. The molecule has 8 heavy (non-hydrogen) atoms. The third-order valence-corrected chi connectivity index (χ3v) is 1.57. The molecule has 1 aliphatic heterocycles. The van der Waals surface area contributed by atoms with Gasteiger partial charge in [0.25, 0.3) is 0 Å². The lowest BCUT2D eigenvalue weighted by Gasteiger charge is -2.23. The molecule has 1 N–H and O–H groups in total. The number of hydrogen-bond acceptors (Lipinski definition) is 2. The van der Waals surface area contributed by atoms with Crippen molar-refractivity contribution < 1.29 is 0 Å². The molecule has 0 aromatic rings. The van der Waals surface area contributed by atoms with Crippen molar-refractivity contribution in [2.75, 3.05) is 26.2 Å². The van der Waals surface area contributed by atoms with Crippen LogP contribution in [0.25, 0.3) is 0 Å². The average Bonchev–Trinajstić information content (AvgIpc) is 1.90. The molecule has 0 spiro atoms. The number of rotatable bonds is 1. The third kappa shape index (κ3) is 1.62. The highest BCUT2D eigenvalue weighted by Gasteiger charge is 2.06. The molecule has 1 aliphatic rings. The largest absolute Gasteiger partial charge is 0.314 e. The summed E-state index contributed by atoms with van der Waals surface area (Å²) in [5.74, 6) is 0. The fourth-order valence-corrected chi connectivity index (χ4v) is 0.975. The van der Waals surface area contributed by atoms with Crippen molar-refractivity contribution in [3.05, 3.63) is 6.00 Å². The molecule has 1 saturated heterocycles. The van der Waals surface area contributed by atoms with Crippen LogP contribution in [0.4, 0.5) is 0 Å². The van der Waals surface area contributed by atoms with Crippen molar-refractivity contribution in [2.45, 2.75) is 0 Å². The van der Waals surface area contributed by atoms with Crippen LogP contribution in [0.1, 0.15) is 0 Å². The fraction of sp³-hybridized carbons (Fsp3) is 0.800. The molecule has 1 heterocycles. The first-order chi connectivity index (χ1) is 3.93. The maximum Gasteiger partial charge on any atom is 0.115 e. The van der Waals surface area contributed by atoms with Crippen LogP contribution in [0.3, 0.4) is 0 Å². The second-order valence-electron chi connectivity index (χ2n) is 1.88. The summed E-state index contributed by atoms with van der Waals surface area (Å²) in [5.41, 5.74) is 0. The van der Waals surface area contributed by atoms with Gasteiger partial charge < -0.3 is 5.32 Å². The van der Waals surface area contributed by atoms with Gasteiger partial charge in [0.1, 0.15) is 6.00 Å². The summed E-state index contributed by atoms with van der Waals surface area (Å²) in [6.45, 7) is 4.21. The number of nitrogens with zero attached hydrogens (tertiary/aromatic N) is 1. The molecule has 0 bridgehead atoms. The summed E-state index contributed by atoms with van der Waals surface area (Å²) in [6.07, 6.45) is 0. The molecule has 1 rings (SSSR count). The lowest BCUT2D eigenvalue weighted by atomic mass is 10.4. The highest BCUT2D eigenvalue weighted by Crippen LogP contribution is 1.97. The summed E-state index contributed by atoms with van der Waals surface area (Å²) in [7, 11) is 0. The predicted molar refractivity (Wildman–Crippen MR) is 34.6 cm³/mol. The third-order valence-electron chi connectivity index (χ3n) is 1.29. The summed E-state index contributed by atoms with van der Waals surface area (Å²) in [6, 6.07) is 1.63. The summed E-state index contributed by atoms with van der Waals surface area (Å²) in [4.78, 5) is 2.10. The van der Waals surface area contributed by atoms with Gasteiger partial charge in [0.2, 0.25) is 0 Å². The lowest BCUT2D eigenvalue weighted by molar-refractivity contribution is 0.310. The van der Waals surface area contributed by atoms with Crippen LogP contribution in [0.5, 0.6) is 0 Å². The van der Waals surface area contributed by atoms with E-state index in [1.165, 1.54) is 0 Å². The Labute approximate surface area is 54.8 Å². The second-order valence-corrected chi connectivity index (χ2v) is 2.08. The van der Waals surface area contributed by atoms with Gasteiger partial charge >= 0.3 is 0 Å². The molecule has 0 saturated carbocycles. The van der Waals surface area contributed by atoms with E-state index < -0.39 is 0 Å². The van der Waals surface area contributed by atoms with Gasteiger partial charge in [-0.1, -0.05) is 0 Å². The molecular weight excluding hydrogens is 124 g/mol. The number of nitrogens with one attached hydrogen (secondary N) is 1. The predicted octanol–water partition coefficient (Wildman–Crippen LogP) is 0.250. The molecule has 0 unspecified atom stereocenters. The van der Waals surface area contributed by atoms with E-state index in [4.69, 9.17) is 11.6 Å². The van der Waals surface area contributed by atoms with E-state index in [-0.39, 0.29) is 0 Å². The van der Waals surface area contributed by atoms with Gasteiger partial charge in [-0.3, -0.25) is 4.90 Å². The molecule has 2 nitrogen and oxygen atoms in total. The van der Waals surface area contributed by atoms with Crippen molar-refractivity contribution in [1.82, 2.24) is 10.2 Å². The quantitative estimate of drug-likeness (QED) is 0.516. The zero-order valence-electron chi connectivity index (χ0n) is 4.73. The molecule has 1 radical (unpaired) electrons. The first-order valence-corrected chi connectivity index (χ1v) is 3.25. The van der Waals surface area contributed by atoms with Crippen molar-refractivity contribution in [1.29, 1.82) is 0 Å². The summed E-state index contributed by atoms with van der Waals surface area (Å²) >= 11 is 5.45. The second kappa shape index (κ2) is 3.28. The van der Waals surface area contributed by atoms with E-state index in [0.717, 1.165) is 26.2 Å². The van der Waals surface area contributed by atoms with E-state index in [9.17, 15) is 0 Å². The van der Waals surface area contributed by atoms with E-state index in [1.807, 2.05) is 0 Å². The number of hydrogen-bond donors (Lipinski definition) is 1. The topological polar surface area (TPSA) is 15.3 Å². The number of halogens is 1. The Hall–Kier alpha value is 0.210. The normalized spacial score (nSPS) is 23.6. The van der Waals surface area contributed by atoms with Crippen LogP contribution >= 0.6 is 11.6 Å². The Morgan fingerprint density at radius 1 is 1.38 bits per heavy atom. The summed E-state index contributed by atoms with van der Waals surface area (Å²) in [5, 5.41) is 3.23. The van der Waals surface area contributed by atoms with E-state index in [2.05, 4.69) is 10.2 Å². The monoisotopic (exact) mass is 133 g/mol. The van der Waals surface area contributed by atoms with Crippen LogP contribution in [-0.4, -0.2) is 31.1 Å². The molecule has 0 atom stereocenters. The fourth-order valence-electron chi connectivity index (χ4n) is 0.780. The zero-order valence-corrected chi connectivity index (χ0v) is 5.49. The molecule has 0 aromatic carbocycles. The Balaban J connectivity index is 2.13. The Bertz CT molecular complexity index is 61.4. The van der Waals surface area contributed by atoms with Crippen LogP contribution < -0.4 is 5.32 Å². The Kier molecular flexibility index (Phi) is 2.59. The molecular formula is C5H10ClN2. The molecule has 1 fully saturated rings. The maximum absolute atomic E-state index is 5.45. The van der Waals surface area contributed by atoms with E-state index in [0.29, 0.717) is 0 Å². The Morgan fingerprint density at radius 2 is 2.00 bits per heavy atom. The highest BCUT2D eigenvalue weighted by molar-refractivity contribution is 6.22. The summed E-state index contributed by atoms with van der Waals surface area (Å²) < 4.78 is 0. The van der Waals surface area contributed by atoms with Gasteiger partial charge in [-0.15, -0.1) is 11.6 Å². The lowest BCUT2D eigenvalue weighted by Crippen LogP contribution is -2.41. The van der Waals surface area contributed by atoms with Crippen molar-refractivity contribution in [3.8, 4) is 0 Å². The van der Waals surface area contributed by atoms with Gasteiger partial charge in [-0.05, 0) is 0 Å². The maximum atomic E-state index is 5.45. The van der Waals surface area contributed by atoms with Crippen LogP contribution in [0.15, 0.2) is 0 Å². The van der Waals surface area contributed by atoms with Crippen LogP contribution in [-0.2, 0) is 0 Å². The molecule has 0 aliphatic carbocycles. The minimum atomic E-state index is 1.05. The minimum absolute atomic E-state index is 1.05. The first kappa shape index (κ1) is 6.33. The van der Waals surface area contributed by atoms with Crippen molar-refractivity contribution in [2.24, 2.45) is 0 Å². The molecule has 0 aromatic heterocycles. The molecule has 47 valence electrons. The average molecular weight is 134 g/mol. The smallest absolute Gasteiger partial charge is 0.115 e. The molecule has 0 amide bonds. The van der Waals surface area contributed by atoms with Crippen LogP contribution in [0.2, 0.25) is 0 Å². The Morgan fingerprint density at radius 3 is 2.38 bits per heavy atom. The van der Waals surface area contributed by atoms with E-state index in [1.54, 1.807) is 6.00 Å². The van der Waals surface area contributed by atoms with Crippen molar-refractivity contribution in [3.63, 3.8) is 0 Å². The van der Waals surface area contributed by atoms with Gasteiger partial charge in [0, 0.05) is 26.2 Å². The van der Waals surface area contributed by atoms with Crippen molar-refractivity contribution >= 4 is 11.6 Å². The SMILES string of the molecule is Cl[CH]N1CCNCC1. The standard InChI is InChI=1S/C5H10ClN2/c6-5-8-3-1-7-2-4-8/h5,7H,1-4H2. The molecule has 3 heteroatoms. The van der Waals surface area contributed by atoms with Crippen LogP contribution in [0, 0.1) is 6.00 Å². The minimum Gasteiger partial charge on any atom is -0.314 e. The van der Waals surface area contributed by atoms with Gasteiger partial charge in [-0.2, -0.15) is 0 Å².